The van der Waals surface area contributed by atoms with E-state index in [-0.39, 0.29) is 17.7 Å². The molecule has 67 heavy (non-hydrogen) atoms. The number of hydroxylamine groups is 1. The van der Waals surface area contributed by atoms with E-state index < -0.39 is 128 Å². The smallest absolute Gasteiger partial charge is 0.460 e. The maximum atomic E-state index is 15.0. The third kappa shape index (κ3) is 12.3. The Morgan fingerprint density at radius 3 is 1.70 bits per heavy atom. The van der Waals surface area contributed by atoms with Gasteiger partial charge in [-0.2, -0.15) is 74.6 Å². The second-order valence-electron chi connectivity index (χ2n) is 15.3. The highest BCUT2D eigenvalue weighted by Crippen LogP contribution is 2.64. The van der Waals surface area contributed by atoms with E-state index in [1.165, 1.54) is 76.5 Å². The van der Waals surface area contributed by atoms with Crippen LogP contribution in [0.5, 0.6) is 5.75 Å². The highest BCUT2D eigenvalue weighted by atomic mass is 28.4. The summed E-state index contributed by atoms with van der Waals surface area (Å²) in [5, 5.41) is 10.8. The van der Waals surface area contributed by atoms with Crippen molar-refractivity contribution in [1.82, 2.24) is 5.48 Å². The van der Waals surface area contributed by atoms with Crippen molar-refractivity contribution in [3.63, 3.8) is 0 Å². The van der Waals surface area contributed by atoms with Gasteiger partial charge in [0.05, 0.1) is 12.3 Å². The van der Waals surface area contributed by atoms with E-state index in [0.29, 0.717) is 11.6 Å². The molecule has 0 aliphatic heterocycles. The summed E-state index contributed by atoms with van der Waals surface area (Å²) in [6.07, 6.45) is -9.08. The molecule has 3 N–H and O–H groups in total. The van der Waals surface area contributed by atoms with Crippen LogP contribution in [0.25, 0.3) is 0 Å². The van der Waals surface area contributed by atoms with E-state index in [4.69, 9.17) is 19.1 Å². The van der Waals surface area contributed by atoms with Crippen LogP contribution in [0, 0.1) is 11.6 Å². The van der Waals surface area contributed by atoms with E-state index in [0.717, 1.165) is 18.2 Å². The second kappa shape index (κ2) is 21.3. The van der Waals surface area contributed by atoms with Crippen LogP contribution in [-0.2, 0) is 14.0 Å². The number of alkyl halides is 17. The molecule has 0 spiro atoms. The second-order valence-corrected chi connectivity index (χ2v) is 20.3. The molecule has 0 saturated carbocycles. The van der Waals surface area contributed by atoms with Crippen LogP contribution in [0.1, 0.15) is 59.1 Å². The first-order chi connectivity index (χ1) is 30.3. The summed E-state index contributed by atoms with van der Waals surface area (Å²) in [7, 11) is -4.06. The molecule has 0 bridgehead atoms. The molecule has 28 heteroatoms. The van der Waals surface area contributed by atoms with E-state index in [1.807, 2.05) is 0 Å². The van der Waals surface area contributed by atoms with Gasteiger partial charge in [-0.3, -0.25) is 15.3 Å². The van der Waals surface area contributed by atoms with Gasteiger partial charge in [-0.05, 0) is 59.5 Å². The first-order valence-electron chi connectivity index (χ1n) is 19.1. The Labute approximate surface area is 369 Å². The summed E-state index contributed by atoms with van der Waals surface area (Å²) in [5.41, 5.74) is -0.351. The Balaban J connectivity index is 2.30. The Morgan fingerprint density at radius 2 is 1.22 bits per heavy atom. The van der Waals surface area contributed by atoms with E-state index >= 15 is 0 Å². The lowest BCUT2D eigenvalue weighted by atomic mass is 9.88. The maximum absolute atomic E-state index is 15.0. The van der Waals surface area contributed by atoms with Crippen molar-refractivity contribution >= 4 is 26.0 Å². The third-order valence-corrected chi connectivity index (χ3v) is 15.8. The number of allylic oxidation sites excluding steroid dienone is 2. The molecule has 0 fully saturated rings. The molecule has 0 radical (unpaired) electrons. The molecule has 0 heterocycles. The standard InChI is InChI=1S/C39H41F19N2O6Si/c1-21(2)67(22(3)4,18-15-32(42,43)33(44,45)34(46,47)35(48,49)36(50,51)37(52,53)38(54,55)39(56,57)58)65-17-16-64-26-12-9-24(10-13-26)29(8-6-7-23(5)19-30(61)60-63)66-31(62)59-28-14-11-25(40)20-27(28)41/h6-7,9-14,19-22,29,63H,8,15-18H2,1-5H3,(H,59,62)(H,60,61)/b7-6+,23-19+/t29-/m1/s1. The Morgan fingerprint density at radius 1 is 0.716 bits per heavy atom. The molecule has 2 aromatic carbocycles. The van der Waals surface area contributed by atoms with Crippen molar-refractivity contribution in [3.8, 4) is 5.75 Å². The minimum Gasteiger partial charge on any atom is -0.491 e. The monoisotopic (exact) mass is 1020 g/mol. The predicted molar refractivity (Wildman–Crippen MR) is 201 cm³/mol. The molecule has 0 aliphatic rings. The van der Waals surface area contributed by atoms with Crippen LogP contribution in [0.15, 0.2) is 66.3 Å². The minimum absolute atomic E-state index is 0.0272. The number of anilines is 1. The van der Waals surface area contributed by atoms with Crippen molar-refractivity contribution in [2.75, 3.05) is 18.5 Å². The summed E-state index contributed by atoms with van der Waals surface area (Å²) >= 11 is 0. The number of ether oxygens (including phenoxy) is 2. The fourth-order valence-electron chi connectivity index (χ4n) is 6.30. The number of amides is 2. The van der Waals surface area contributed by atoms with E-state index in [9.17, 15) is 93.0 Å². The number of carbonyl (C=O) groups is 2. The van der Waals surface area contributed by atoms with Crippen LogP contribution in [0.3, 0.4) is 0 Å². The van der Waals surface area contributed by atoms with Crippen molar-refractivity contribution < 1.29 is 112 Å². The summed E-state index contributed by atoms with van der Waals surface area (Å²) in [6.45, 7) is 5.51. The topological polar surface area (TPSA) is 106 Å². The molecule has 0 unspecified atom stereocenters. The zero-order chi connectivity index (χ0) is 52.0. The summed E-state index contributed by atoms with van der Waals surface area (Å²) in [4.78, 5) is 24.1. The van der Waals surface area contributed by atoms with Crippen molar-refractivity contribution in [1.29, 1.82) is 0 Å². The molecular formula is C39H41F19N2O6Si. The highest BCUT2D eigenvalue weighted by Gasteiger charge is 2.95. The Kier molecular flexibility index (Phi) is 18.5. The van der Waals surface area contributed by atoms with Gasteiger partial charge in [0.15, 0.2) is 8.32 Å². The average Bonchev–Trinajstić information content (AvgIpc) is 3.20. The lowest BCUT2D eigenvalue weighted by Gasteiger charge is -2.44. The zero-order valence-corrected chi connectivity index (χ0v) is 36.2. The highest BCUT2D eigenvalue weighted by molar-refractivity contribution is 6.76. The quantitative estimate of drug-likeness (QED) is 0.0195. The molecular weight excluding hydrogens is 981 g/mol. The lowest BCUT2D eigenvalue weighted by molar-refractivity contribution is -0.461. The number of nitrogens with one attached hydrogen (secondary N) is 2. The number of halogens is 19. The van der Waals surface area contributed by atoms with Crippen LogP contribution in [-0.4, -0.2) is 86.4 Å². The number of carbonyl (C=O) groups excluding carboxylic acids is 2. The van der Waals surface area contributed by atoms with Crippen molar-refractivity contribution in [2.24, 2.45) is 0 Å². The fraction of sp³-hybridized carbons (Fsp3) is 0.538. The summed E-state index contributed by atoms with van der Waals surface area (Å²) < 4.78 is 280. The van der Waals surface area contributed by atoms with Gasteiger partial charge in [-0.15, -0.1) is 0 Å². The molecule has 0 aromatic heterocycles. The first-order valence-corrected chi connectivity index (χ1v) is 21.4. The predicted octanol–water partition coefficient (Wildman–Crippen LogP) is 13.2. The summed E-state index contributed by atoms with van der Waals surface area (Å²) in [6, 6.07) is 6.17. The minimum atomic E-state index is -8.72. The molecule has 1 atom stereocenters. The molecule has 2 rings (SSSR count). The van der Waals surface area contributed by atoms with Crippen molar-refractivity contribution in [3.05, 3.63) is 83.5 Å². The van der Waals surface area contributed by atoms with Gasteiger partial charge in [0, 0.05) is 25.0 Å². The van der Waals surface area contributed by atoms with Gasteiger partial charge >= 0.3 is 53.7 Å². The Bertz CT molecular complexity index is 2050. The number of hydrogen-bond donors (Lipinski definition) is 3. The lowest BCUT2D eigenvalue weighted by Crippen LogP contribution is -2.74. The van der Waals surface area contributed by atoms with Crippen LogP contribution in [0.2, 0.25) is 17.1 Å². The van der Waals surface area contributed by atoms with E-state index in [1.54, 1.807) is 0 Å². The molecule has 2 aromatic rings. The van der Waals surface area contributed by atoms with Crippen LogP contribution < -0.4 is 15.5 Å². The van der Waals surface area contributed by atoms with Gasteiger partial charge in [-0.25, -0.2) is 19.1 Å². The van der Waals surface area contributed by atoms with E-state index in [2.05, 4.69) is 5.32 Å². The fourth-order valence-corrected chi connectivity index (χ4v) is 10.8. The molecule has 0 aliphatic carbocycles. The van der Waals surface area contributed by atoms with Gasteiger partial charge < -0.3 is 13.9 Å². The number of rotatable bonds is 23. The normalized spacial score (nSPS) is 14.8. The number of hydrogen-bond acceptors (Lipinski definition) is 6. The Hall–Kier alpha value is -4.73. The molecule has 2 amide bonds. The molecule has 0 saturated heterocycles. The molecule has 380 valence electrons. The maximum Gasteiger partial charge on any atom is 0.460 e. The van der Waals surface area contributed by atoms with Gasteiger partial charge in [0.25, 0.3) is 5.91 Å². The molecule has 8 nitrogen and oxygen atoms in total. The van der Waals surface area contributed by atoms with Crippen molar-refractivity contribution in [2.45, 2.75) is 118 Å². The SMILES string of the molecule is CC(/C=C/C[C@@H](OC(=O)Nc1ccc(F)cc1F)c1ccc(OCCO[Si](CCC(F)(F)C(F)(F)C(F)(F)C(F)(F)C(F)(F)C(F)(F)C(F)(F)C(F)(F)F)(C(C)C)C(C)C)cc1)=C\C(=O)NO. The summed E-state index contributed by atoms with van der Waals surface area (Å²) in [5.74, 6) is -60.0. The third-order valence-electron chi connectivity index (χ3n) is 10.2. The van der Waals surface area contributed by atoms with Crippen LogP contribution >= 0.6 is 0 Å². The van der Waals surface area contributed by atoms with Crippen LogP contribution in [0.4, 0.5) is 93.9 Å². The largest absolute Gasteiger partial charge is 0.491 e. The first kappa shape index (κ1) is 58.4. The van der Waals surface area contributed by atoms with Gasteiger partial charge in [0.2, 0.25) is 0 Å². The zero-order valence-electron chi connectivity index (χ0n) is 35.2. The average molecular weight is 1020 g/mol. The van der Waals surface area contributed by atoms with Gasteiger partial charge in [0.1, 0.15) is 30.1 Å². The number of benzene rings is 2. The van der Waals surface area contributed by atoms with Gasteiger partial charge in [-0.1, -0.05) is 52.0 Å².